The molecule has 0 saturated heterocycles. The lowest BCUT2D eigenvalue weighted by Gasteiger charge is -2.12. The second kappa shape index (κ2) is 5.73. The number of aromatic nitrogens is 2. The van der Waals surface area contributed by atoms with Crippen molar-refractivity contribution in [2.75, 3.05) is 20.5 Å². The average molecular weight is 262 g/mol. The molecular weight excluding hydrogens is 248 g/mol. The van der Waals surface area contributed by atoms with E-state index in [9.17, 15) is 0 Å². The summed E-state index contributed by atoms with van der Waals surface area (Å²) >= 11 is 1.45. The number of ether oxygens (including phenoxy) is 2. The summed E-state index contributed by atoms with van der Waals surface area (Å²) in [5.74, 6) is 1.05. The molecular formula is C13H14N2O2S. The highest BCUT2D eigenvalue weighted by Crippen LogP contribution is 2.36. The second-order valence-electron chi connectivity index (χ2n) is 3.47. The first-order valence-corrected chi connectivity index (χ1v) is 6.62. The first kappa shape index (κ1) is 12.7. The van der Waals surface area contributed by atoms with Gasteiger partial charge in [0.1, 0.15) is 5.56 Å². The molecule has 1 heterocycles. The minimum Gasteiger partial charge on any atom is -0.480 e. The van der Waals surface area contributed by atoms with Crippen LogP contribution in [0.1, 0.15) is 0 Å². The zero-order chi connectivity index (χ0) is 13.0. The number of benzene rings is 1. The van der Waals surface area contributed by atoms with Crippen LogP contribution in [0.5, 0.6) is 11.8 Å². The molecule has 1 aromatic heterocycles. The molecule has 0 spiro atoms. The lowest BCUT2D eigenvalue weighted by Crippen LogP contribution is -2.00. The van der Waals surface area contributed by atoms with Crippen molar-refractivity contribution < 1.29 is 9.47 Å². The maximum Gasteiger partial charge on any atom is 0.229 e. The summed E-state index contributed by atoms with van der Waals surface area (Å²) in [4.78, 5) is 8.69. The molecule has 0 saturated carbocycles. The molecule has 0 amide bonds. The van der Waals surface area contributed by atoms with Crippen LogP contribution in [-0.4, -0.2) is 30.4 Å². The van der Waals surface area contributed by atoms with E-state index in [1.54, 1.807) is 14.2 Å². The number of hydrogen-bond acceptors (Lipinski definition) is 5. The van der Waals surface area contributed by atoms with Crippen molar-refractivity contribution in [2.45, 2.75) is 5.16 Å². The molecule has 0 atom stereocenters. The van der Waals surface area contributed by atoms with Gasteiger partial charge < -0.3 is 9.47 Å². The molecule has 0 aliphatic heterocycles. The maximum atomic E-state index is 5.34. The summed E-state index contributed by atoms with van der Waals surface area (Å²) in [5.41, 5.74) is 1.75. The van der Waals surface area contributed by atoms with E-state index in [2.05, 4.69) is 9.97 Å². The Balaban J connectivity index is 2.64. The van der Waals surface area contributed by atoms with Gasteiger partial charge in [0.2, 0.25) is 11.8 Å². The van der Waals surface area contributed by atoms with Crippen LogP contribution in [0.3, 0.4) is 0 Å². The van der Waals surface area contributed by atoms with Gasteiger partial charge in [0.05, 0.1) is 14.2 Å². The van der Waals surface area contributed by atoms with E-state index in [1.165, 1.54) is 11.8 Å². The fourth-order valence-corrected chi connectivity index (χ4v) is 1.99. The molecule has 94 valence electrons. The molecule has 0 fully saturated rings. The lowest BCUT2D eigenvalue weighted by atomic mass is 10.1. The third kappa shape index (κ3) is 2.41. The van der Waals surface area contributed by atoms with Crippen LogP contribution in [0, 0.1) is 0 Å². The Bertz CT molecular complexity index is 507. The van der Waals surface area contributed by atoms with Crippen LogP contribution in [0.15, 0.2) is 35.5 Å². The first-order chi connectivity index (χ1) is 8.80. The molecule has 2 rings (SSSR count). The van der Waals surface area contributed by atoms with Crippen LogP contribution in [0.4, 0.5) is 0 Å². The molecule has 4 nitrogen and oxygen atoms in total. The van der Waals surface area contributed by atoms with Gasteiger partial charge in [-0.3, -0.25) is 0 Å². The summed E-state index contributed by atoms with van der Waals surface area (Å²) in [6, 6.07) is 9.82. The van der Waals surface area contributed by atoms with Crippen LogP contribution in [0.25, 0.3) is 11.1 Å². The molecule has 2 aromatic rings. The van der Waals surface area contributed by atoms with Gasteiger partial charge in [0.25, 0.3) is 0 Å². The van der Waals surface area contributed by atoms with Crippen LogP contribution in [-0.2, 0) is 0 Å². The summed E-state index contributed by atoms with van der Waals surface area (Å²) < 4.78 is 10.7. The average Bonchev–Trinajstić information content (AvgIpc) is 2.46. The Kier molecular flexibility index (Phi) is 4.04. The molecule has 0 aliphatic carbocycles. The maximum absolute atomic E-state index is 5.34. The smallest absolute Gasteiger partial charge is 0.229 e. The third-order valence-electron chi connectivity index (χ3n) is 2.45. The predicted octanol–water partition coefficient (Wildman–Crippen LogP) is 2.88. The van der Waals surface area contributed by atoms with Gasteiger partial charge in [0, 0.05) is 0 Å². The minimum absolute atomic E-state index is 0.525. The normalized spacial score (nSPS) is 10.2. The summed E-state index contributed by atoms with van der Waals surface area (Å²) in [5, 5.41) is 0.628. The fourth-order valence-electron chi connectivity index (χ4n) is 1.64. The minimum atomic E-state index is 0.525. The zero-order valence-electron chi connectivity index (χ0n) is 10.5. The van der Waals surface area contributed by atoms with Crippen molar-refractivity contribution >= 4 is 11.8 Å². The summed E-state index contributed by atoms with van der Waals surface area (Å²) in [6.45, 7) is 0. The van der Waals surface area contributed by atoms with Gasteiger partial charge in [-0.25, -0.2) is 0 Å². The van der Waals surface area contributed by atoms with E-state index in [4.69, 9.17) is 9.47 Å². The number of methoxy groups -OCH3 is 2. The zero-order valence-corrected chi connectivity index (χ0v) is 11.3. The Morgan fingerprint density at radius 1 is 0.944 bits per heavy atom. The van der Waals surface area contributed by atoms with Crippen LogP contribution >= 0.6 is 11.8 Å². The van der Waals surface area contributed by atoms with E-state index in [0.717, 1.165) is 11.1 Å². The predicted molar refractivity (Wildman–Crippen MR) is 72.4 cm³/mol. The van der Waals surface area contributed by atoms with Crippen molar-refractivity contribution in [2.24, 2.45) is 0 Å². The van der Waals surface area contributed by atoms with Crippen molar-refractivity contribution in [3.63, 3.8) is 0 Å². The van der Waals surface area contributed by atoms with E-state index in [1.807, 2.05) is 36.6 Å². The number of thioether (sulfide) groups is 1. The number of nitrogens with zero attached hydrogens (tertiary/aromatic N) is 2. The van der Waals surface area contributed by atoms with Gasteiger partial charge >= 0.3 is 0 Å². The standard InChI is InChI=1S/C13H14N2O2S/c1-16-11-10(9-7-5-4-6-8-9)12(17-2)15-13(14-11)18-3/h4-8H,1-3H3. The molecule has 0 radical (unpaired) electrons. The molecule has 0 aliphatic rings. The van der Waals surface area contributed by atoms with Gasteiger partial charge in [-0.1, -0.05) is 42.1 Å². The molecule has 0 N–H and O–H groups in total. The Morgan fingerprint density at radius 3 is 1.94 bits per heavy atom. The number of rotatable bonds is 4. The quantitative estimate of drug-likeness (QED) is 0.626. The van der Waals surface area contributed by atoms with Gasteiger partial charge in [-0.15, -0.1) is 0 Å². The Hall–Kier alpha value is -1.75. The highest BCUT2D eigenvalue weighted by Gasteiger charge is 2.17. The van der Waals surface area contributed by atoms with E-state index in [-0.39, 0.29) is 0 Å². The lowest BCUT2D eigenvalue weighted by molar-refractivity contribution is 0.367. The van der Waals surface area contributed by atoms with Crippen molar-refractivity contribution in [1.82, 2.24) is 9.97 Å². The van der Waals surface area contributed by atoms with E-state index < -0.39 is 0 Å². The molecule has 18 heavy (non-hydrogen) atoms. The molecule has 1 aromatic carbocycles. The van der Waals surface area contributed by atoms with E-state index >= 15 is 0 Å². The van der Waals surface area contributed by atoms with E-state index in [0.29, 0.717) is 16.9 Å². The topological polar surface area (TPSA) is 44.2 Å². The van der Waals surface area contributed by atoms with Crippen molar-refractivity contribution in [3.8, 4) is 22.9 Å². The fraction of sp³-hybridized carbons (Fsp3) is 0.231. The van der Waals surface area contributed by atoms with Crippen molar-refractivity contribution in [1.29, 1.82) is 0 Å². The highest BCUT2D eigenvalue weighted by atomic mass is 32.2. The largest absolute Gasteiger partial charge is 0.480 e. The Morgan fingerprint density at radius 2 is 1.50 bits per heavy atom. The van der Waals surface area contributed by atoms with Crippen LogP contribution < -0.4 is 9.47 Å². The SMILES string of the molecule is COc1nc(SC)nc(OC)c1-c1ccccc1. The first-order valence-electron chi connectivity index (χ1n) is 5.39. The second-order valence-corrected chi connectivity index (χ2v) is 4.24. The molecule has 5 heteroatoms. The summed E-state index contributed by atoms with van der Waals surface area (Å²) in [7, 11) is 3.19. The third-order valence-corrected chi connectivity index (χ3v) is 3.00. The highest BCUT2D eigenvalue weighted by molar-refractivity contribution is 7.98. The number of hydrogen-bond donors (Lipinski definition) is 0. The summed E-state index contributed by atoms with van der Waals surface area (Å²) in [6.07, 6.45) is 1.91. The van der Waals surface area contributed by atoms with Crippen molar-refractivity contribution in [3.05, 3.63) is 30.3 Å². The Labute approximate surface area is 110 Å². The monoisotopic (exact) mass is 262 g/mol. The van der Waals surface area contributed by atoms with Gasteiger partial charge in [-0.2, -0.15) is 9.97 Å². The van der Waals surface area contributed by atoms with Crippen LogP contribution in [0.2, 0.25) is 0 Å². The molecule has 0 bridgehead atoms. The van der Waals surface area contributed by atoms with Gasteiger partial charge in [-0.05, 0) is 11.8 Å². The van der Waals surface area contributed by atoms with Gasteiger partial charge in [0.15, 0.2) is 5.16 Å². The molecule has 0 unspecified atom stereocenters.